The maximum Gasteiger partial charge on any atom is 0.242 e. The lowest BCUT2D eigenvalue weighted by Gasteiger charge is -2.23. The highest BCUT2D eigenvalue weighted by atomic mass is 32.2. The Morgan fingerprint density at radius 2 is 2.10 bits per heavy atom. The molecule has 0 radical (unpaired) electrons. The molecule has 0 spiro atoms. The third-order valence-electron chi connectivity index (χ3n) is 3.23. The number of nitrogens with zero attached hydrogens (tertiary/aromatic N) is 1. The van der Waals surface area contributed by atoms with Crippen molar-refractivity contribution in [3.05, 3.63) is 40.6 Å². The minimum absolute atomic E-state index is 0.112. The fourth-order valence-electron chi connectivity index (χ4n) is 2.06. The largest absolute Gasteiger partial charge is 0.398 e. The van der Waals surface area contributed by atoms with E-state index < -0.39 is 10.0 Å². The average molecular weight is 325 g/mol. The second-order valence-corrected chi connectivity index (χ2v) is 7.41. The summed E-state index contributed by atoms with van der Waals surface area (Å²) in [7, 11) is -2.15. The molecule has 0 unspecified atom stereocenters. The van der Waals surface area contributed by atoms with Gasteiger partial charge in [0, 0.05) is 17.1 Å². The third kappa shape index (κ3) is 3.55. The molecule has 0 aliphatic rings. The van der Waals surface area contributed by atoms with Crippen molar-refractivity contribution in [1.29, 1.82) is 0 Å². The molecule has 0 saturated carbocycles. The molecule has 1 aromatic heterocycles. The maximum atomic E-state index is 11.8. The number of hydrogen-bond acceptors (Lipinski definition) is 5. The molecule has 0 fully saturated rings. The minimum atomic E-state index is -3.52. The molecule has 1 heterocycles. The second-order valence-electron chi connectivity index (χ2n) is 4.52. The van der Waals surface area contributed by atoms with Crippen molar-refractivity contribution >= 4 is 32.7 Å². The van der Waals surface area contributed by atoms with Crippen molar-refractivity contribution in [3.8, 4) is 0 Å². The maximum absolute atomic E-state index is 11.8. The van der Waals surface area contributed by atoms with E-state index in [2.05, 4.69) is 22.6 Å². The van der Waals surface area contributed by atoms with Crippen molar-refractivity contribution in [2.45, 2.75) is 18.4 Å². The lowest BCUT2D eigenvalue weighted by Crippen LogP contribution is -2.23. The van der Waals surface area contributed by atoms with Crippen LogP contribution in [0, 0.1) is 0 Å². The highest BCUT2D eigenvalue weighted by molar-refractivity contribution is 7.89. The van der Waals surface area contributed by atoms with Crippen LogP contribution < -0.4 is 15.4 Å². The Morgan fingerprint density at radius 1 is 1.33 bits per heavy atom. The first-order valence-corrected chi connectivity index (χ1v) is 8.94. The van der Waals surface area contributed by atoms with Crippen molar-refractivity contribution < 1.29 is 8.42 Å². The van der Waals surface area contributed by atoms with E-state index in [-0.39, 0.29) is 10.6 Å². The Hall–Kier alpha value is -1.57. The summed E-state index contributed by atoms with van der Waals surface area (Å²) in [5.74, 6) is 0. The lowest BCUT2D eigenvalue weighted by atomic mass is 10.2. The standard InChI is InChI=1S/C14H19N3O2S2/c1-3-17(10-12-5-4-8-20-12)11-6-7-14(13(15)9-11)21(18,19)16-2/h4-9,16H,3,10,15H2,1-2H3. The number of rotatable bonds is 6. The van der Waals surface area contributed by atoms with Crippen LogP contribution in [0.15, 0.2) is 40.6 Å². The molecule has 0 amide bonds. The summed E-state index contributed by atoms with van der Waals surface area (Å²) in [6, 6.07) is 9.15. The predicted octanol–water partition coefficient (Wildman–Crippen LogP) is 2.26. The molecule has 3 N–H and O–H groups in total. The Labute approximate surface area is 129 Å². The molecule has 21 heavy (non-hydrogen) atoms. The number of hydrogen-bond donors (Lipinski definition) is 2. The molecule has 0 aliphatic carbocycles. The molecule has 2 rings (SSSR count). The fourth-order valence-corrected chi connectivity index (χ4v) is 3.62. The van der Waals surface area contributed by atoms with Crippen LogP contribution in [-0.4, -0.2) is 22.0 Å². The first-order chi connectivity index (χ1) is 9.97. The number of benzene rings is 1. The van der Waals surface area contributed by atoms with Crippen LogP contribution >= 0.6 is 11.3 Å². The summed E-state index contributed by atoms with van der Waals surface area (Å²) in [6.45, 7) is 3.66. The first kappa shape index (κ1) is 15.8. The number of nitrogen functional groups attached to an aromatic ring is 1. The van der Waals surface area contributed by atoms with E-state index in [1.807, 2.05) is 11.4 Å². The smallest absolute Gasteiger partial charge is 0.242 e. The van der Waals surface area contributed by atoms with E-state index in [1.165, 1.54) is 11.9 Å². The molecule has 0 aliphatic heterocycles. The molecular weight excluding hydrogens is 306 g/mol. The molecule has 5 nitrogen and oxygen atoms in total. The summed E-state index contributed by atoms with van der Waals surface area (Å²) in [4.78, 5) is 3.51. The van der Waals surface area contributed by atoms with Crippen LogP contribution in [0.5, 0.6) is 0 Å². The van der Waals surface area contributed by atoms with Crippen molar-refractivity contribution in [2.75, 3.05) is 24.2 Å². The van der Waals surface area contributed by atoms with E-state index in [4.69, 9.17) is 5.73 Å². The lowest BCUT2D eigenvalue weighted by molar-refractivity contribution is 0.588. The average Bonchev–Trinajstić information content (AvgIpc) is 2.97. The van der Waals surface area contributed by atoms with Crippen LogP contribution in [0.25, 0.3) is 0 Å². The zero-order valence-corrected chi connectivity index (χ0v) is 13.7. The first-order valence-electron chi connectivity index (χ1n) is 6.58. The zero-order valence-electron chi connectivity index (χ0n) is 12.0. The Bertz CT molecular complexity index is 697. The van der Waals surface area contributed by atoms with Gasteiger partial charge < -0.3 is 10.6 Å². The zero-order chi connectivity index (χ0) is 15.5. The summed E-state index contributed by atoms with van der Waals surface area (Å²) < 4.78 is 25.9. The van der Waals surface area contributed by atoms with Crippen LogP contribution in [0.1, 0.15) is 11.8 Å². The molecule has 0 atom stereocenters. The number of anilines is 2. The normalized spacial score (nSPS) is 11.5. The monoisotopic (exact) mass is 325 g/mol. The Morgan fingerprint density at radius 3 is 2.62 bits per heavy atom. The number of thiophene rings is 1. The van der Waals surface area contributed by atoms with E-state index in [0.29, 0.717) is 0 Å². The number of sulfonamides is 1. The molecule has 2 aromatic rings. The summed E-state index contributed by atoms with van der Waals surface area (Å²) >= 11 is 1.70. The quantitative estimate of drug-likeness (QED) is 0.799. The van der Waals surface area contributed by atoms with Gasteiger partial charge in [-0.25, -0.2) is 13.1 Å². The Balaban J connectivity index is 2.30. The second kappa shape index (κ2) is 6.46. The van der Waals surface area contributed by atoms with Gasteiger partial charge in [-0.2, -0.15) is 0 Å². The molecule has 0 bridgehead atoms. The van der Waals surface area contributed by atoms with Gasteiger partial charge in [-0.3, -0.25) is 0 Å². The van der Waals surface area contributed by atoms with Crippen molar-refractivity contribution in [2.24, 2.45) is 0 Å². The molecule has 114 valence electrons. The predicted molar refractivity (Wildman–Crippen MR) is 88.1 cm³/mol. The van der Waals surface area contributed by atoms with E-state index >= 15 is 0 Å². The molecule has 1 aromatic carbocycles. The van der Waals surface area contributed by atoms with Gasteiger partial charge >= 0.3 is 0 Å². The van der Waals surface area contributed by atoms with Gasteiger partial charge in [0.25, 0.3) is 0 Å². The summed E-state index contributed by atoms with van der Waals surface area (Å²) in [6.07, 6.45) is 0. The van der Waals surface area contributed by atoms with Crippen LogP contribution in [0.3, 0.4) is 0 Å². The summed E-state index contributed by atoms with van der Waals surface area (Å²) in [5.41, 5.74) is 7.08. The van der Waals surface area contributed by atoms with Crippen LogP contribution in [-0.2, 0) is 16.6 Å². The molecule has 7 heteroatoms. The minimum Gasteiger partial charge on any atom is -0.398 e. The van der Waals surface area contributed by atoms with Gasteiger partial charge in [-0.05, 0) is 43.6 Å². The Kier molecular flexibility index (Phi) is 4.87. The number of nitrogens with two attached hydrogens (primary N) is 1. The van der Waals surface area contributed by atoms with Crippen molar-refractivity contribution in [3.63, 3.8) is 0 Å². The third-order valence-corrected chi connectivity index (χ3v) is 5.57. The molecular formula is C14H19N3O2S2. The van der Waals surface area contributed by atoms with Crippen molar-refractivity contribution in [1.82, 2.24) is 4.72 Å². The SMILES string of the molecule is CCN(Cc1cccs1)c1ccc(S(=O)(=O)NC)c(N)c1. The van der Waals surface area contributed by atoms with E-state index in [1.54, 1.807) is 29.5 Å². The topological polar surface area (TPSA) is 75.4 Å². The van der Waals surface area contributed by atoms with E-state index in [9.17, 15) is 8.42 Å². The molecule has 0 saturated heterocycles. The van der Waals surface area contributed by atoms with Crippen LogP contribution in [0.4, 0.5) is 11.4 Å². The van der Waals surface area contributed by atoms with Gasteiger partial charge in [0.15, 0.2) is 0 Å². The van der Waals surface area contributed by atoms with E-state index in [0.717, 1.165) is 18.8 Å². The van der Waals surface area contributed by atoms with Gasteiger partial charge in [0.2, 0.25) is 10.0 Å². The van der Waals surface area contributed by atoms with Gasteiger partial charge in [0.05, 0.1) is 12.2 Å². The van der Waals surface area contributed by atoms with Gasteiger partial charge in [-0.15, -0.1) is 11.3 Å². The van der Waals surface area contributed by atoms with Crippen LogP contribution in [0.2, 0.25) is 0 Å². The van der Waals surface area contributed by atoms with Gasteiger partial charge in [-0.1, -0.05) is 6.07 Å². The van der Waals surface area contributed by atoms with Gasteiger partial charge in [0.1, 0.15) is 4.90 Å². The summed E-state index contributed by atoms with van der Waals surface area (Å²) in [5, 5.41) is 2.04. The fraction of sp³-hybridized carbons (Fsp3) is 0.286. The number of nitrogens with one attached hydrogen (secondary N) is 1. The highest BCUT2D eigenvalue weighted by Gasteiger charge is 2.16. The highest BCUT2D eigenvalue weighted by Crippen LogP contribution is 2.26.